The summed E-state index contributed by atoms with van der Waals surface area (Å²) in [5.41, 5.74) is 1.65. The van der Waals surface area contributed by atoms with Gasteiger partial charge in [0.1, 0.15) is 19.0 Å². The smallest absolute Gasteiger partial charge is 0.301 e. The molecular weight excluding hydrogens is 629 g/mol. The first-order valence-corrected chi connectivity index (χ1v) is 15.1. The number of fused-ring (bicyclic) bond motifs is 1. The van der Waals surface area contributed by atoms with Crippen LogP contribution in [0.4, 0.5) is 5.13 Å². The largest absolute Gasteiger partial charge is 0.507 e. The Morgan fingerprint density at radius 1 is 0.951 bits per heavy atom. The molecule has 1 N–H and O–H groups in total. The minimum Gasteiger partial charge on any atom is -0.507 e. The van der Waals surface area contributed by atoms with E-state index in [0.29, 0.717) is 50.4 Å². The number of ketones is 1. The Morgan fingerprint density at radius 2 is 1.71 bits per heavy atom. The van der Waals surface area contributed by atoms with Gasteiger partial charge in [0, 0.05) is 16.3 Å². The number of amides is 1. The van der Waals surface area contributed by atoms with E-state index in [2.05, 4.69) is 10.2 Å². The lowest BCUT2D eigenvalue weighted by atomic mass is 9.95. The summed E-state index contributed by atoms with van der Waals surface area (Å²) in [4.78, 5) is 28.2. The molecule has 0 radical (unpaired) electrons. The Kier molecular flexibility index (Phi) is 7.84. The first-order valence-electron chi connectivity index (χ1n) is 12.2. The van der Waals surface area contributed by atoms with Crippen LogP contribution >= 0.6 is 57.9 Å². The van der Waals surface area contributed by atoms with Gasteiger partial charge in [-0.15, -0.1) is 10.2 Å². The second-order valence-corrected chi connectivity index (χ2v) is 12.4. The molecule has 8 nitrogen and oxygen atoms in total. The van der Waals surface area contributed by atoms with E-state index in [9.17, 15) is 14.7 Å². The number of ether oxygens (including phenoxy) is 2. The number of hydrogen-bond donors (Lipinski definition) is 1. The van der Waals surface area contributed by atoms with Crippen LogP contribution in [-0.2, 0) is 15.3 Å². The van der Waals surface area contributed by atoms with Crippen molar-refractivity contribution >= 4 is 80.5 Å². The molecule has 208 valence electrons. The second kappa shape index (κ2) is 11.5. The lowest BCUT2D eigenvalue weighted by Crippen LogP contribution is -2.29. The molecule has 2 aliphatic rings. The number of hydrogen-bond acceptors (Lipinski definition) is 9. The number of rotatable bonds is 6. The van der Waals surface area contributed by atoms with Crippen molar-refractivity contribution < 1.29 is 24.2 Å². The third kappa shape index (κ3) is 5.50. The molecule has 13 heteroatoms. The summed E-state index contributed by atoms with van der Waals surface area (Å²) in [5.74, 6) is -0.561. The maximum atomic E-state index is 13.5. The average Bonchev–Trinajstić information content (AvgIpc) is 3.55. The second-order valence-electron chi connectivity index (χ2n) is 8.97. The zero-order valence-corrected chi connectivity index (χ0v) is 24.7. The van der Waals surface area contributed by atoms with E-state index in [1.54, 1.807) is 48.5 Å². The van der Waals surface area contributed by atoms with Crippen LogP contribution in [0.1, 0.15) is 22.7 Å². The fourth-order valence-electron chi connectivity index (χ4n) is 4.46. The number of halogens is 3. The number of Topliss-reactive ketones (excluding diaryl/α,β-unsaturated/α-hetero) is 1. The van der Waals surface area contributed by atoms with Crippen molar-refractivity contribution in [1.29, 1.82) is 0 Å². The molecular formula is C28H18Cl3N3O5S2. The Hall–Kier alpha value is -3.28. The Morgan fingerprint density at radius 3 is 2.46 bits per heavy atom. The van der Waals surface area contributed by atoms with Crippen LogP contribution in [0.5, 0.6) is 11.5 Å². The number of anilines is 1. The lowest BCUT2D eigenvalue weighted by molar-refractivity contribution is -0.132. The van der Waals surface area contributed by atoms with E-state index in [1.807, 2.05) is 12.1 Å². The Bertz CT molecular complexity index is 1710. The van der Waals surface area contributed by atoms with Crippen molar-refractivity contribution in [1.82, 2.24) is 10.2 Å². The Labute approximate surface area is 257 Å². The molecule has 1 amide bonds. The first-order chi connectivity index (χ1) is 19.8. The average molecular weight is 647 g/mol. The third-order valence-electron chi connectivity index (χ3n) is 6.40. The molecule has 6 rings (SSSR count). The number of aromatic nitrogens is 2. The van der Waals surface area contributed by atoms with Crippen LogP contribution in [0, 0.1) is 0 Å². The van der Waals surface area contributed by atoms with Crippen molar-refractivity contribution in [2.45, 2.75) is 16.1 Å². The molecule has 0 aliphatic carbocycles. The fraction of sp³-hybridized carbons (Fsp3) is 0.143. The normalized spacial score (nSPS) is 17.7. The quantitative estimate of drug-likeness (QED) is 0.0773. The molecule has 3 aromatic carbocycles. The van der Waals surface area contributed by atoms with Crippen molar-refractivity contribution in [2.24, 2.45) is 0 Å². The number of aliphatic hydroxyl groups excluding tert-OH is 1. The minimum atomic E-state index is -1.04. The van der Waals surface area contributed by atoms with Gasteiger partial charge in [-0.1, -0.05) is 76.1 Å². The molecule has 3 heterocycles. The zero-order chi connectivity index (χ0) is 28.7. The van der Waals surface area contributed by atoms with Gasteiger partial charge in [0.05, 0.1) is 21.7 Å². The predicted octanol–water partition coefficient (Wildman–Crippen LogP) is 7.19. The lowest BCUT2D eigenvalue weighted by Gasteiger charge is -2.23. The molecule has 2 aliphatic heterocycles. The summed E-state index contributed by atoms with van der Waals surface area (Å²) < 4.78 is 11.8. The van der Waals surface area contributed by atoms with Gasteiger partial charge in [-0.05, 0) is 53.6 Å². The minimum absolute atomic E-state index is 0.129. The molecule has 4 aromatic rings. The van der Waals surface area contributed by atoms with Gasteiger partial charge in [0.15, 0.2) is 15.8 Å². The highest BCUT2D eigenvalue weighted by atomic mass is 35.5. The SMILES string of the molecule is O=C1C(=O)N(c2nnc(SCc3ccc(Cl)cc3)s2)C(c2ccc(Cl)c(Cl)c2)/C1=C(\O)c1ccc2c(c1)OCCO2. The van der Waals surface area contributed by atoms with Crippen LogP contribution in [0.3, 0.4) is 0 Å². The van der Waals surface area contributed by atoms with Crippen LogP contribution in [0.2, 0.25) is 15.1 Å². The van der Waals surface area contributed by atoms with Crippen molar-refractivity contribution in [3.63, 3.8) is 0 Å². The fourth-order valence-corrected chi connectivity index (χ4v) is 6.71. The number of benzene rings is 3. The van der Waals surface area contributed by atoms with E-state index in [-0.39, 0.29) is 27.0 Å². The standard InChI is InChI=1S/C28H18Cl3N3O5S2/c29-17-5-1-14(2-6-17)13-40-28-33-32-27(41-28)34-23(15-3-7-18(30)19(31)11-15)22(25(36)26(34)37)24(35)16-4-8-20-21(12-16)39-10-9-38-20/h1-8,11-12,23,35H,9-10,13H2/b24-22+. The summed E-state index contributed by atoms with van der Waals surface area (Å²) in [6.07, 6.45) is 0. The van der Waals surface area contributed by atoms with Crippen molar-refractivity contribution in [2.75, 3.05) is 18.1 Å². The molecule has 0 spiro atoms. The topological polar surface area (TPSA) is 102 Å². The number of thioether (sulfide) groups is 1. The monoisotopic (exact) mass is 645 g/mol. The summed E-state index contributed by atoms with van der Waals surface area (Å²) >= 11 is 21.1. The number of carbonyl (C=O) groups is 2. The van der Waals surface area contributed by atoms with Crippen molar-refractivity contribution in [3.8, 4) is 11.5 Å². The number of nitrogens with zero attached hydrogens (tertiary/aromatic N) is 3. The number of aliphatic hydroxyl groups is 1. The highest BCUT2D eigenvalue weighted by Gasteiger charge is 2.48. The van der Waals surface area contributed by atoms with Gasteiger partial charge in [0.2, 0.25) is 5.13 Å². The summed E-state index contributed by atoms with van der Waals surface area (Å²) in [5, 5.41) is 21.3. The van der Waals surface area contributed by atoms with Crippen LogP contribution in [-0.4, -0.2) is 40.2 Å². The summed E-state index contributed by atoms with van der Waals surface area (Å²) in [6.45, 7) is 0.753. The van der Waals surface area contributed by atoms with Crippen LogP contribution in [0.25, 0.3) is 5.76 Å². The van der Waals surface area contributed by atoms with Gasteiger partial charge in [-0.3, -0.25) is 14.5 Å². The van der Waals surface area contributed by atoms with E-state index in [4.69, 9.17) is 44.3 Å². The van der Waals surface area contributed by atoms with E-state index in [1.165, 1.54) is 16.7 Å². The van der Waals surface area contributed by atoms with E-state index >= 15 is 0 Å². The molecule has 1 atom stereocenters. The molecule has 1 aromatic heterocycles. The van der Waals surface area contributed by atoms with Gasteiger partial charge >= 0.3 is 5.91 Å². The van der Waals surface area contributed by atoms with E-state index in [0.717, 1.165) is 16.9 Å². The molecule has 1 saturated heterocycles. The third-order valence-corrected chi connectivity index (χ3v) is 9.51. The van der Waals surface area contributed by atoms with Gasteiger partial charge in [0.25, 0.3) is 5.78 Å². The molecule has 1 fully saturated rings. The van der Waals surface area contributed by atoms with E-state index < -0.39 is 17.7 Å². The summed E-state index contributed by atoms with van der Waals surface area (Å²) in [7, 11) is 0. The maximum Gasteiger partial charge on any atom is 0.301 e. The highest BCUT2D eigenvalue weighted by Crippen LogP contribution is 2.45. The van der Waals surface area contributed by atoms with Crippen LogP contribution < -0.4 is 14.4 Å². The van der Waals surface area contributed by atoms with Crippen LogP contribution in [0.15, 0.2) is 70.6 Å². The first kappa shape index (κ1) is 27.9. The van der Waals surface area contributed by atoms with Gasteiger partial charge < -0.3 is 14.6 Å². The van der Waals surface area contributed by atoms with Crippen molar-refractivity contribution in [3.05, 3.63) is 98.0 Å². The molecule has 1 unspecified atom stereocenters. The summed E-state index contributed by atoms with van der Waals surface area (Å²) in [6, 6.07) is 16.0. The van der Waals surface area contributed by atoms with Gasteiger partial charge in [-0.2, -0.15) is 0 Å². The molecule has 0 saturated carbocycles. The predicted molar refractivity (Wildman–Crippen MR) is 160 cm³/mol. The molecule has 0 bridgehead atoms. The Balaban J connectivity index is 1.40. The van der Waals surface area contributed by atoms with Gasteiger partial charge in [-0.25, -0.2) is 0 Å². The number of carbonyl (C=O) groups excluding carboxylic acids is 2. The molecule has 41 heavy (non-hydrogen) atoms. The maximum absolute atomic E-state index is 13.5. The zero-order valence-electron chi connectivity index (χ0n) is 20.8. The highest BCUT2D eigenvalue weighted by molar-refractivity contribution is 8.00.